The molecule has 0 aliphatic heterocycles. The van der Waals surface area contributed by atoms with Gasteiger partial charge in [0.2, 0.25) is 0 Å². The summed E-state index contributed by atoms with van der Waals surface area (Å²) < 4.78 is 1.35. The molecule has 3 rings (SSSR count). The van der Waals surface area contributed by atoms with E-state index in [0.717, 1.165) is 11.1 Å². The van der Waals surface area contributed by atoms with Crippen molar-refractivity contribution in [3.05, 3.63) is 75.0 Å². The lowest BCUT2D eigenvalue weighted by Crippen LogP contribution is -2.16. The summed E-state index contributed by atoms with van der Waals surface area (Å²) in [5, 5.41) is 10.7. The van der Waals surface area contributed by atoms with E-state index in [4.69, 9.17) is 23.2 Å². The minimum absolute atomic E-state index is 0.117. The number of anilines is 2. The molecule has 0 atom stereocenters. The van der Waals surface area contributed by atoms with Gasteiger partial charge in [0.25, 0.3) is 11.8 Å². The molecule has 8 heteroatoms. The number of carbonyl (C=O) groups excluding carboxylic acids is 2. The van der Waals surface area contributed by atoms with Gasteiger partial charge in [0.15, 0.2) is 5.69 Å². The highest BCUT2D eigenvalue weighted by molar-refractivity contribution is 6.32. The van der Waals surface area contributed by atoms with Crippen molar-refractivity contribution in [2.45, 2.75) is 13.8 Å². The Balaban J connectivity index is 1.75. The largest absolute Gasteiger partial charge is 0.321 e. The maximum absolute atomic E-state index is 12.5. The van der Waals surface area contributed by atoms with E-state index in [2.05, 4.69) is 15.7 Å². The molecule has 1 heterocycles. The first-order valence-electron chi connectivity index (χ1n) is 8.43. The second kappa shape index (κ2) is 8.04. The van der Waals surface area contributed by atoms with E-state index in [1.165, 1.54) is 10.7 Å². The zero-order valence-corrected chi connectivity index (χ0v) is 17.0. The van der Waals surface area contributed by atoms with Gasteiger partial charge < -0.3 is 10.6 Å². The van der Waals surface area contributed by atoms with Crippen molar-refractivity contribution in [3.8, 4) is 0 Å². The molecule has 0 saturated heterocycles. The Morgan fingerprint density at radius 3 is 1.86 bits per heavy atom. The molecule has 2 amide bonds. The predicted octanol–water partition coefficient (Wildman–Crippen LogP) is 4.85. The second-order valence-corrected chi connectivity index (χ2v) is 7.19. The first kappa shape index (κ1) is 19.9. The van der Waals surface area contributed by atoms with Crippen LogP contribution in [0.3, 0.4) is 0 Å². The van der Waals surface area contributed by atoms with Gasteiger partial charge in [0.05, 0.1) is 0 Å². The fourth-order valence-corrected chi connectivity index (χ4v) is 2.88. The molecule has 0 spiro atoms. The van der Waals surface area contributed by atoms with E-state index in [9.17, 15) is 9.59 Å². The second-order valence-electron chi connectivity index (χ2n) is 6.37. The van der Waals surface area contributed by atoms with E-state index >= 15 is 0 Å². The van der Waals surface area contributed by atoms with Crippen LogP contribution < -0.4 is 10.6 Å². The highest BCUT2D eigenvalue weighted by Crippen LogP contribution is 2.22. The third kappa shape index (κ3) is 4.35. The molecule has 2 N–H and O–H groups in total. The van der Waals surface area contributed by atoms with Gasteiger partial charge in [-0.05, 0) is 49.2 Å². The van der Waals surface area contributed by atoms with Gasteiger partial charge in [-0.25, -0.2) is 0 Å². The molecular formula is C20H18Cl2N4O2. The minimum atomic E-state index is -0.437. The van der Waals surface area contributed by atoms with Crippen LogP contribution in [0, 0.1) is 13.8 Å². The summed E-state index contributed by atoms with van der Waals surface area (Å²) in [6, 6.07) is 11.9. The van der Waals surface area contributed by atoms with Crippen molar-refractivity contribution < 1.29 is 9.59 Å². The Kier molecular flexibility index (Phi) is 5.72. The Bertz CT molecular complexity index is 1080. The summed E-state index contributed by atoms with van der Waals surface area (Å²) in [6.07, 6.45) is 0. The average molecular weight is 417 g/mol. The summed E-state index contributed by atoms with van der Waals surface area (Å²) in [7, 11) is 1.59. The number of hydrogen-bond acceptors (Lipinski definition) is 3. The molecule has 3 aromatic rings. The van der Waals surface area contributed by atoms with Gasteiger partial charge in [0.1, 0.15) is 5.69 Å². The van der Waals surface area contributed by atoms with Gasteiger partial charge in [0, 0.05) is 34.5 Å². The summed E-state index contributed by atoms with van der Waals surface area (Å²) in [5.41, 5.74) is 3.28. The molecule has 0 aliphatic carbocycles. The van der Waals surface area contributed by atoms with Crippen molar-refractivity contribution in [1.29, 1.82) is 0 Å². The summed E-state index contributed by atoms with van der Waals surface area (Å²) in [4.78, 5) is 25.0. The highest BCUT2D eigenvalue weighted by atomic mass is 35.5. The van der Waals surface area contributed by atoms with Crippen molar-refractivity contribution in [1.82, 2.24) is 9.78 Å². The molecule has 0 radical (unpaired) electrons. The monoisotopic (exact) mass is 416 g/mol. The quantitative estimate of drug-likeness (QED) is 0.637. The third-order valence-electron chi connectivity index (χ3n) is 4.20. The predicted molar refractivity (Wildman–Crippen MR) is 111 cm³/mol. The number of nitrogens with zero attached hydrogens (tertiary/aromatic N) is 2. The molecule has 0 fully saturated rings. The van der Waals surface area contributed by atoms with Crippen LogP contribution in [0.1, 0.15) is 32.1 Å². The number of benzene rings is 2. The Labute approximate surface area is 172 Å². The fourth-order valence-electron chi connectivity index (χ4n) is 2.52. The van der Waals surface area contributed by atoms with Crippen LogP contribution in [0.4, 0.5) is 11.4 Å². The van der Waals surface area contributed by atoms with Crippen LogP contribution in [-0.4, -0.2) is 21.6 Å². The maximum Gasteiger partial charge on any atom is 0.276 e. The Morgan fingerprint density at radius 2 is 1.36 bits per heavy atom. The van der Waals surface area contributed by atoms with Crippen LogP contribution in [0.25, 0.3) is 0 Å². The fraction of sp³-hybridized carbons (Fsp3) is 0.150. The van der Waals surface area contributed by atoms with Gasteiger partial charge >= 0.3 is 0 Å². The van der Waals surface area contributed by atoms with Gasteiger partial charge in [-0.15, -0.1) is 0 Å². The van der Waals surface area contributed by atoms with Crippen molar-refractivity contribution >= 4 is 46.4 Å². The molecule has 28 heavy (non-hydrogen) atoms. The van der Waals surface area contributed by atoms with Crippen LogP contribution in [-0.2, 0) is 7.05 Å². The summed E-state index contributed by atoms with van der Waals surface area (Å²) in [6.45, 7) is 3.75. The smallest absolute Gasteiger partial charge is 0.276 e. The highest BCUT2D eigenvalue weighted by Gasteiger charge is 2.18. The number of rotatable bonds is 4. The zero-order chi connectivity index (χ0) is 20.4. The lowest BCUT2D eigenvalue weighted by atomic mass is 10.2. The average Bonchev–Trinajstić information content (AvgIpc) is 3.03. The van der Waals surface area contributed by atoms with Gasteiger partial charge in [-0.3, -0.25) is 14.3 Å². The number of amides is 2. The van der Waals surface area contributed by atoms with E-state index in [1.807, 2.05) is 26.0 Å². The number of aryl methyl sites for hydroxylation is 3. The van der Waals surface area contributed by atoms with Crippen molar-refractivity contribution in [2.24, 2.45) is 7.05 Å². The van der Waals surface area contributed by atoms with Crippen LogP contribution in [0.2, 0.25) is 10.0 Å². The zero-order valence-electron chi connectivity index (χ0n) is 15.5. The van der Waals surface area contributed by atoms with Gasteiger partial charge in [-0.1, -0.05) is 35.3 Å². The maximum atomic E-state index is 12.5. The normalized spacial score (nSPS) is 10.6. The molecule has 1 aromatic heterocycles. The Morgan fingerprint density at radius 1 is 0.857 bits per heavy atom. The SMILES string of the molecule is Cc1ccc(NC(=O)c2cc(C(=O)Nc3ccc(C)c(Cl)c3)n(C)n2)cc1Cl. The molecule has 0 bridgehead atoms. The molecule has 6 nitrogen and oxygen atoms in total. The molecular weight excluding hydrogens is 399 g/mol. The molecule has 0 saturated carbocycles. The minimum Gasteiger partial charge on any atom is -0.321 e. The number of aromatic nitrogens is 2. The number of carbonyl (C=O) groups is 2. The molecule has 144 valence electrons. The standard InChI is InChI=1S/C20H18Cl2N4O2/c1-11-4-6-13(8-15(11)21)23-19(27)17-10-18(26(3)25-17)20(28)24-14-7-5-12(2)16(22)9-14/h4-10H,1-3H3,(H,23,27)(H,24,28). The lowest BCUT2D eigenvalue weighted by molar-refractivity contribution is 0.101. The lowest BCUT2D eigenvalue weighted by Gasteiger charge is -2.06. The topological polar surface area (TPSA) is 76.0 Å². The third-order valence-corrected chi connectivity index (χ3v) is 5.02. The number of halogens is 2. The van der Waals surface area contributed by atoms with E-state index in [1.54, 1.807) is 31.3 Å². The molecule has 0 aliphatic rings. The van der Waals surface area contributed by atoms with E-state index < -0.39 is 11.8 Å². The first-order chi connectivity index (χ1) is 13.2. The Hall–Kier alpha value is -2.83. The van der Waals surface area contributed by atoms with Crippen LogP contribution in [0.15, 0.2) is 42.5 Å². The summed E-state index contributed by atoms with van der Waals surface area (Å²) >= 11 is 12.2. The summed E-state index contributed by atoms with van der Waals surface area (Å²) in [5.74, 6) is -0.833. The first-order valence-corrected chi connectivity index (χ1v) is 9.19. The van der Waals surface area contributed by atoms with Gasteiger partial charge in [-0.2, -0.15) is 5.10 Å². The molecule has 0 unspecified atom stereocenters. The van der Waals surface area contributed by atoms with Crippen molar-refractivity contribution in [2.75, 3.05) is 10.6 Å². The van der Waals surface area contributed by atoms with E-state index in [-0.39, 0.29) is 11.4 Å². The van der Waals surface area contributed by atoms with Crippen LogP contribution >= 0.6 is 23.2 Å². The number of nitrogens with one attached hydrogen (secondary N) is 2. The van der Waals surface area contributed by atoms with Crippen molar-refractivity contribution in [3.63, 3.8) is 0 Å². The van der Waals surface area contributed by atoms with E-state index in [0.29, 0.717) is 21.4 Å². The molecule has 2 aromatic carbocycles. The number of hydrogen-bond donors (Lipinski definition) is 2. The van der Waals surface area contributed by atoms with Crippen LogP contribution in [0.5, 0.6) is 0 Å².